The second-order valence-electron chi connectivity index (χ2n) is 3.29. The van der Waals surface area contributed by atoms with Crippen molar-refractivity contribution in [3.05, 3.63) is 47.5 Å². The fraction of sp³-hybridized carbons (Fsp3) is 0.167. The number of ether oxygens (including phenoxy) is 2. The average Bonchev–Trinajstić information content (AvgIpc) is 2.39. The molecule has 0 saturated carbocycles. The van der Waals surface area contributed by atoms with Crippen molar-refractivity contribution in [2.24, 2.45) is 0 Å². The zero-order valence-electron chi connectivity index (χ0n) is 9.26. The number of hydrogen-bond donors (Lipinski definition) is 0. The number of hydrogen-bond acceptors (Lipinski definition) is 4. The largest absolute Gasteiger partial charge is 0.497 e. The molecule has 17 heavy (non-hydrogen) atoms. The van der Waals surface area contributed by atoms with Crippen LogP contribution in [-0.2, 0) is 6.61 Å². The molecule has 1 aromatic carbocycles. The standard InChI is InChI=1S/C12H11ClN2O2/c1-16-10-2-4-11(5-3-10)17-8-9-6-15-12(13)7-14-9/h2-7H,8H2,1H3. The third-order valence-corrected chi connectivity index (χ3v) is 2.32. The molecule has 0 saturated heterocycles. The Bertz CT molecular complexity index is 471. The van der Waals surface area contributed by atoms with Crippen molar-refractivity contribution in [3.8, 4) is 11.5 Å². The van der Waals surface area contributed by atoms with Crippen LogP contribution < -0.4 is 9.47 Å². The van der Waals surface area contributed by atoms with E-state index in [0.29, 0.717) is 11.8 Å². The van der Waals surface area contributed by atoms with Gasteiger partial charge in [0.05, 0.1) is 25.2 Å². The molecule has 0 aliphatic heterocycles. The number of nitrogens with zero attached hydrogens (tertiary/aromatic N) is 2. The molecule has 5 heteroatoms. The summed E-state index contributed by atoms with van der Waals surface area (Å²) in [6.07, 6.45) is 3.08. The molecule has 4 nitrogen and oxygen atoms in total. The van der Waals surface area contributed by atoms with Crippen LogP contribution in [0.25, 0.3) is 0 Å². The Hall–Kier alpha value is -1.81. The van der Waals surface area contributed by atoms with E-state index in [2.05, 4.69) is 9.97 Å². The van der Waals surface area contributed by atoms with Crippen LogP contribution in [0.4, 0.5) is 0 Å². The molecule has 0 spiro atoms. The van der Waals surface area contributed by atoms with Gasteiger partial charge in [0.1, 0.15) is 23.3 Å². The zero-order valence-corrected chi connectivity index (χ0v) is 10.0. The minimum Gasteiger partial charge on any atom is -0.497 e. The van der Waals surface area contributed by atoms with E-state index in [9.17, 15) is 0 Å². The number of aromatic nitrogens is 2. The predicted octanol–water partition coefficient (Wildman–Crippen LogP) is 2.72. The van der Waals surface area contributed by atoms with Gasteiger partial charge in [0.25, 0.3) is 0 Å². The van der Waals surface area contributed by atoms with Crippen LogP contribution >= 0.6 is 11.6 Å². The third kappa shape index (κ3) is 3.32. The zero-order chi connectivity index (χ0) is 12.1. The topological polar surface area (TPSA) is 44.2 Å². The Labute approximate surface area is 104 Å². The lowest BCUT2D eigenvalue weighted by Crippen LogP contribution is -1.98. The minimum atomic E-state index is 0.358. The summed E-state index contributed by atoms with van der Waals surface area (Å²) in [5.74, 6) is 1.55. The second kappa shape index (κ2) is 5.50. The molecular weight excluding hydrogens is 240 g/mol. The van der Waals surface area contributed by atoms with Gasteiger partial charge >= 0.3 is 0 Å². The minimum absolute atomic E-state index is 0.358. The maximum Gasteiger partial charge on any atom is 0.147 e. The summed E-state index contributed by atoms with van der Waals surface area (Å²) in [7, 11) is 1.62. The van der Waals surface area contributed by atoms with Crippen LogP contribution in [0.5, 0.6) is 11.5 Å². The van der Waals surface area contributed by atoms with Crippen molar-refractivity contribution in [2.75, 3.05) is 7.11 Å². The lowest BCUT2D eigenvalue weighted by molar-refractivity contribution is 0.300. The van der Waals surface area contributed by atoms with E-state index in [-0.39, 0.29) is 0 Å². The van der Waals surface area contributed by atoms with Crippen molar-refractivity contribution in [1.82, 2.24) is 9.97 Å². The molecule has 88 valence electrons. The smallest absolute Gasteiger partial charge is 0.147 e. The van der Waals surface area contributed by atoms with E-state index in [1.165, 1.54) is 6.20 Å². The first-order chi connectivity index (χ1) is 8.28. The van der Waals surface area contributed by atoms with E-state index in [4.69, 9.17) is 21.1 Å². The first-order valence-electron chi connectivity index (χ1n) is 5.01. The molecule has 1 heterocycles. The van der Waals surface area contributed by atoms with Gasteiger partial charge in [-0.3, -0.25) is 4.98 Å². The molecule has 0 fully saturated rings. The van der Waals surface area contributed by atoms with Crippen LogP contribution in [0.15, 0.2) is 36.7 Å². The summed E-state index contributed by atoms with van der Waals surface area (Å²) in [5, 5.41) is 0.373. The van der Waals surface area contributed by atoms with Crippen LogP contribution in [0.2, 0.25) is 5.15 Å². The Kier molecular flexibility index (Phi) is 3.77. The van der Waals surface area contributed by atoms with Crippen LogP contribution in [-0.4, -0.2) is 17.1 Å². The van der Waals surface area contributed by atoms with Crippen LogP contribution in [0.1, 0.15) is 5.69 Å². The molecule has 0 amide bonds. The normalized spacial score (nSPS) is 10.0. The highest BCUT2D eigenvalue weighted by atomic mass is 35.5. The quantitative estimate of drug-likeness (QED) is 0.837. The van der Waals surface area contributed by atoms with Crippen molar-refractivity contribution < 1.29 is 9.47 Å². The SMILES string of the molecule is COc1ccc(OCc2cnc(Cl)cn2)cc1. The van der Waals surface area contributed by atoms with E-state index in [1.807, 2.05) is 24.3 Å². The van der Waals surface area contributed by atoms with Gasteiger partial charge < -0.3 is 9.47 Å². The molecule has 0 atom stereocenters. The van der Waals surface area contributed by atoms with E-state index < -0.39 is 0 Å². The maximum absolute atomic E-state index is 5.63. The highest BCUT2D eigenvalue weighted by Gasteiger charge is 1.98. The Morgan fingerprint density at radius 2 is 1.76 bits per heavy atom. The predicted molar refractivity (Wildman–Crippen MR) is 64.4 cm³/mol. The van der Waals surface area contributed by atoms with Crippen LogP contribution in [0, 0.1) is 0 Å². The molecule has 1 aromatic heterocycles. The lowest BCUT2D eigenvalue weighted by atomic mass is 10.3. The number of methoxy groups -OCH3 is 1. The average molecular weight is 251 g/mol. The van der Waals surface area contributed by atoms with Crippen molar-refractivity contribution >= 4 is 11.6 Å². The molecule has 0 aliphatic carbocycles. The molecule has 0 N–H and O–H groups in total. The van der Waals surface area contributed by atoms with Gasteiger partial charge in [-0.05, 0) is 24.3 Å². The van der Waals surface area contributed by atoms with E-state index >= 15 is 0 Å². The summed E-state index contributed by atoms with van der Waals surface area (Å²) in [4.78, 5) is 8.00. The molecular formula is C12H11ClN2O2. The van der Waals surface area contributed by atoms with Gasteiger partial charge in [0.2, 0.25) is 0 Å². The van der Waals surface area contributed by atoms with E-state index in [0.717, 1.165) is 17.2 Å². The van der Waals surface area contributed by atoms with Crippen LogP contribution in [0.3, 0.4) is 0 Å². The number of rotatable bonds is 4. The van der Waals surface area contributed by atoms with E-state index in [1.54, 1.807) is 13.3 Å². The molecule has 2 aromatic rings. The van der Waals surface area contributed by atoms with Gasteiger partial charge in [0.15, 0.2) is 0 Å². The fourth-order valence-corrected chi connectivity index (χ4v) is 1.34. The summed E-state index contributed by atoms with van der Waals surface area (Å²) in [6.45, 7) is 0.358. The Morgan fingerprint density at radius 1 is 1.06 bits per heavy atom. The fourth-order valence-electron chi connectivity index (χ4n) is 1.24. The van der Waals surface area contributed by atoms with Gasteiger partial charge in [0, 0.05) is 0 Å². The van der Waals surface area contributed by atoms with Crippen molar-refractivity contribution in [1.29, 1.82) is 0 Å². The van der Waals surface area contributed by atoms with Gasteiger partial charge in [-0.2, -0.15) is 0 Å². The maximum atomic E-state index is 5.63. The van der Waals surface area contributed by atoms with Gasteiger partial charge in [-0.1, -0.05) is 11.6 Å². The summed E-state index contributed by atoms with van der Waals surface area (Å²) >= 11 is 5.63. The van der Waals surface area contributed by atoms with Gasteiger partial charge in [-0.25, -0.2) is 4.98 Å². The molecule has 0 radical (unpaired) electrons. The highest BCUT2D eigenvalue weighted by molar-refractivity contribution is 6.29. The molecule has 0 aliphatic rings. The second-order valence-corrected chi connectivity index (χ2v) is 3.68. The monoisotopic (exact) mass is 250 g/mol. The first kappa shape index (κ1) is 11.7. The number of benzene rings is 1. The lowest BCUT2D eigenvalue weighted by Gasteiger charge is -2.06. The Balaban J connectivity index is 1.95. The Morgan fingerprint density at radius 3 is 2.35 bits per heavy atom. The first-order valence-corrected chi connectivity index (χ1v) is 5.39. The summed E-state index contributed by atoms with van der Waals surface area (Å²) in [5.41, 5.74) is 0.727. The third-order valence-electron chi connectivity index (χ3n) is 2.12. The summed E-state index contributed by atoms with van der Waals surface area (Å²) in [6, 6.07) is 7.34. The van der Waals surface area contributed by atoms with Gasteiger partial charge in [-0.15, -0.1) is 0 Å². The summed E-state index contributed by atoms with van der Waals surface area (Å²) < 4.78 is 10.6. The molecule has 2 rings (SSSR count). The molecule has 0 bridgehead atoms. The number of halogens is 1. The molecule has 0 unspecified atom stereocenters. The van der Waals surface area contributed by atoms with Crippen molar-refractivity contribution in [2.45, 2.75) is 6.61 Å². The van der Waals surface area contributed by atoms with Crippen molar-refractivity contribution in [3.63, 3.8) is 0 Å². The highest BCUT2D eigenvalue weighted by Crippen LogP contribution is 2.17.